The van der Waals surface area contributed by atoms with Crippen LogP contribution >= 0.6 is 0 Å². The zero-order valence-corrected chi connectivity index (χ0v) is 12.8. The Bertz CT molecular complexity index is 416. The Morgan fingerprint density at radius 2 is 2.05 bits per heavy atom. The Labute approximate surface area is 127 Å². The van der Waals surface area contributed by atoms with Crippen LogP contribution in [-0.4, -0.2) is 32.1 Å². The number of ether oxygens (including phenoxy) is 1. The Morgan fingerprint density at radius 3 is 2.76 bits per heavy atom. The lowest BCUT2D eigenvalue weighted by molar-refractivity contribution is -0.126. The molecule has 0 saturated carbocycles. The highest BCUT2D eigenvalue weighted by molar-refractivity contribution is 5.78. The second-order valence-corrected chi connectivity index (χ2v) is 5.88. The van der Waals surface area contributed by atoms with Gasteiger partial charge < -0.3 is 15.4 Å². The maximum atomic E-state index is 12.0. The highest BCUT2D eigenvalue weighted by Crippen LogP contribution is 2.11. The molecule has 0 spiro atoms. The Hall–Kier alpha value is -1.39. The molecule has 1 aliphatic heterocycles. The molecule has 1 fully saturated rings. The van der Waals surface area contributed by atoms with Crippen LogP contribution in [-0.2, 0) is 16.1 Å². The topological polar surface area (TPSA) is 50.4 Å². The normalized spacial score (nSPS) is 17.4. The molecule has 1 amide bonds. The Morgan fingerprint density at radius 1 is 1.33 bits per heavy atom. The summed E-state index contributed by atoms with van der Waals surface area (Å²) in [5.41, 5.74) is 1.18. The molecule has 1 atom stereocenters. The van der Waals surface area contributed by atoms with Crippen molar-refractivity contribution < 1.29 is 9.53 Å². The number of carbonyl (C=O) groups is 1. The number of rotatable bonds is 7. The first kappa shape index (κ1) is 16.0. The molecule has 4 heteroatoms. The first-order valence-corrected chi connectivity index (χ1v) is 7.86. The second-order valence-electron chi connectivity index (χ2n) is 5.88. The van der Waals surface area contributed by atoms with Gasteiger partial charge in [0, 0.05) is 12.5 Å². The lowest BCUT2D eigenvalue weighted by Gasteiger charge is -2.22. The van der Waals surface area contributed by atoms with E-state index in [-0.39, 0.29) is 11.8 Å². The highest BCUT2D eigenvalue weighted by atomic mass is 16.5. The number of hydrogen-bond acceptors (Lipinski definition) is 3. The summed E-state index contributed by atoms with van der Waals surface area (Å²) in [6, 6.07) is 10.2. The summed E-state index contributed by atoms with van der Waals surface area (Å²) in [5.74, 6) is 0.717. The fourth-order valence-corrected chi connectivity index (χ4v) is 2.51. The maximum absolute atomic E-state index is 12.0. The molecule has 0 aliphatic carbocycles. The smallest absolute Gasteiger partial charge is 0.223 e. The minimum atomic E-state index is 0.184. The lowest BCUT2D eigenvalue weighted by Crippen LogP contribution is -2.40. The molecule has 1 heterocycles. The molecule has 1 aromatic rings. The van der Waals surface area contributed by atoms with Gasteiger partial charge in [0.2, 0.25) is 5.91 Å². The predicted molar refractivity (Wildman–Crippen MR) is 83.9 cm³/mol. The van der Waals surface area contributed by atoms with Crippen molar-refractivity contribution in [1.29, 1.82) is 0 Å². The summed E-state index contributed by atoms with van der Waals surface area (Å²) in [4.78, 5) is 12.0. The van der Waals surface area contributed by atoms with Gasteiger partial charge in [0.1, 0.15) is 0 Å². The van der Waals surface area contributed by atoms with E-state index in [9.17, 15) is 4.79 Å². The second kappa shape index (κ2) is 8.80. The van der Waals surface area contributed by atoms with Crippen molar-refractivity contribution >= 4 is 5.91 Å². The summed E-state index contributed by atoms with van der Waals surface area (Å²) in [5, 5.41) is 6.33. The van der Waals surface area contributed by atoms with E-state index in [4.69, 9.17) is 4.74 Å². The number of benzene rings is 1. The van der Waals surface area contributed by atoms with Crippen molar-refractivity contribution in [2.75, 3.05) is 26.2 Å². The van der Waals surface area contributed by atoms with Crippen LogP contribution in [0.4, 0.5) is 0 Å². The molecule has 0 radical (unpaired) electrons. The molecule has 1 unspecified atom stereocenters. The summed E-state index contributed by atoms with van der Waals surface area (Å²) < 4.78 is 5.70. The number of hydrogen-bond donors (Lipinski definition) is 2. The van der Waals surface area contributed by atoms with Gasteiger partial charge in [-0.05, 0) is 37.4 Å². The van der Waals surface area contributed by atoms with Crippen LogP contribution in [0.15, 0.2) is 30.3 Å². The average Bonchev–Trinajstić information content (AvgIpc) is 2.54. The van der Waals surface area contributed by atoms with E-state index < -0.39 is 0 Å². The molecular weight excluding hydrogens is 264 g/mol. The van der Waals surface area contributed by atoms with E-state index in [0.29, 0.717) is 25.7 Å². The van der Waals surface area contributed by atoms with Crippen LogP contribution in [0, 0.1) is 11.8 Å². The predicted octanol–water partition coefficient (Wildman–Crippen LogP) is 1.96. The SMILES string of the molecule is CC(CNC(=O)C1CCNCC1)COCc1ccccc1. The van der Waals surface area contributed by atoms with E-state index in [0.717, 1.165) is 25.9 Å². The molecule has 116 valence electrons. The first-order chi connectivity index (χ1) is 10.3. The van der Waals surface area contributed by atoms with E-state index in [2.05, 4.69) is 29.7 Å². The van der Waals surface area contributed by atoms with Crippen LogP contribution < -0.4 is 10.6 Å². The molecule has 4 nitrogen and oxygen atoms in total. The maximum Gasteiger partial charge on any atom is 0.223 e. The van der Waals surface area contributed by atoms with Gasteiger partial charge in [0.15, 0.2) is 0 Å². The zero-order valence-electron chi connectivity index (χ0n) is 12.8. The minimum Gasteiger partial charge on any atom is -0.376 e. The van der Waals surface area contributed by atoms with Gasteiger partial charge in [0.05, 0.1) is 13.2 Å². The van der Waals surface area contributed by atoms with Crippen molar-refractivity contribution in [2.45, 2.75) is 26.4 Å². The van der Waals surface area contributed by atoms with Crippen LogP contribution in [0.5, 0.6) is 0 Å². The quantitative estimate of drug-likeness (QED) is 0.807. The summed E-state index contributed by atoms with van der Waals surface area (Å²) >= 11 is 0. The largest absolute Gasteiger partial charge is 0.376 e. The molecule has 0 aromatic heterocycles. The Kier molecular flexibility index (Phi) is 6.70. The van der Waals surface area contributed by atoms with Crippen LogP contribution in [0.2, 0.25) is 0 Å². The zero-order chi connectivity index (χ0) is 14.9. The molecule has 1 aliphatic rings. The lowest BCUT2D eigenvalue weighted by atomic mass is 9.97. The Balaban J connectivity index is 1.58. The minimum absolute atomic E-state index is 0.184. The van der Waals surface area contributed by atoms with Crippen molar-refractivity contribution in [3.05, 3.63) is 35.9 Å². The van der Waals surface area contributed by atoms with Gasteiger partial charge in [0.25, 0.3) is 0 Å². The standard InChI is InChI=1S/C17H26N2O2/c1-14(12-21-13-15-5-3-2-4-6-15)11-19-17(20)16-7-9-18-10-8-16/h2-6,14,16,18H,7-13H2,1H3,(H,19,20). The van der Waals surface area contributed by atoms with Gasteiger partial charge in [-0.25, -0.2) is 0 Å². The molecule has 0 bridgehead atoms. The van der Waals surface area contributed by atoms with Gasteiger partial charge in [-0.1, -0.05) is 37.3 Å². The van der Waals surface area contributed by atoms with Crippen LogP contribution in [0.3, 0.4) is 0 Å². The molecule has 21 heavy (non-hydrogen) atoms. The van der Waals surface area contributed by atoms with Gasteiger partial charge >= 0.3 is 0 Å². The van der Waals surface area contributed by atoms with Crippen molar-refractivity contribution in [2.24, 2.45) is 11.8 Å². The summed E-state index contributed by atoms with van der Waals surface area (Å²) in [6.07, 6.45) is 1.90. The fourth-order valence-electron chi connectivity index (χ4n) is 2.51. The third-order valence-corrected chi connectivity index (χ3v) is 3.85. The van der Waals surface area contributed by atoms with E-state index in [1.54, 1.807) is 0 Å². The van der Waals surface area contributed by atoms with Crippen molar-refractivity contribution in [3.8, 4) is 0 Å². The monoisotopic (exact) mass is 290 g/mol. The molecular formula is C17H26N2O2. The van der Waals surface area contributed by atoms with Gasteiger partial charge in [-0.15, -0.1) is 0 Å². The third-order valence-electron chi connectivity index (χ3n) is 3.85. The average molecular weight is 290 g/mol. The summed E-state index contributed by atoms with van der Waals surface area (Å²) in [7, 11) is 0. The highest BCUT2D eigenvalue weighted by Gasteiger charge is 2.20. The van der Waals surface area contributed by atoms with Crippen LogP contribution in [0.1, 0.15) is 25.3 Å². The first-order valence-electron chi connectivity index (χ1n) is 7.86. The van der Waals surface area contributed by atoms with Gasteiger partial charge in [-0.2, -0.15) is 0 Å². The molecule has 2 rings (SSSR count). The van der Waals surface area contributed by atoms with E-state index in [1.807, 2.05) is 18.2 Å². The number of nitrogens with one attached hydrogen (secondary N) is 2. The summed E-state index contributed by atoms with van der Waals surface area (Å²) in [6.45, 7) is 6.00. The molecule has 2 N–H and O–H groups in total. The van der Waals surface area contributed by atoms with E-state index >= 15 is 0 Å². The number of amides is 1. The fraction of sp³-hybridized carbons (Fsp3) is 0.588. The molecule has 1 saturated heterocycles. The third kappa shape index (κ3) is 5.86. The van der Waals surface area contributed by atoms with Gasteiger partial charge in [-0.3, -0.25) is 4.79 Å². The molecule has 1 aromatic carbocycles. The van der Waals surface area contributed by atoms with E-state index in [1.165, 1.54) is 5.56 Å². The van der Waals surface area contributed by atoms with Crippen LogP contribution in [0.25, 0.3) is 0 Å². The van der Waals surface area contributed by atoms with Crippen molar-refractivity contribution in [3.63, 3.8) is 0 Å². The number of piperidine rings is 1. The number of carbonyl (C=O) groups excluding carboxylic acids is 1. The van der Waals surface area contributed by atoms with Crippen molar-refractivity contribution in [1.82, 2.24) is 10.6 Å².